The highest BCUT2D eigenvalue weighted by Crippen LogP contribution is 2.35. The summed E-state index contributed by atoms with van der Waals surface area (Å²) in [5.41, 5.74) is 0.0957. The van der Waals surface area contributed by atoms with E-state index in [4.69, 9.17) is 0 Å². The zero-order valence-corrected chi connectivity index (χ0v) is 14.2. The lowest BCUT2D eigenvalue weighted by molar-refractivity contribution is -0.138. The SMILES string of the molecule is CC(C)(C)NCCCNCc1ccc(Br)c(C(F)(F)F)c1. The van der Waals surface area contributed by atoms with Crippen LogP contribution in [0.25, 0.3) is 0 Å². The largest absolute Gasteiger partial charge is 0.417 e. The molecule has 1 aromatic rings. The molecule has 0 saturated carbocycles. The summed E-state index contributed by atoms with van der Waals surface area (Å²) >= 11 is 2.94. The second-order valence-electron chi connectivity index (χ2n) is 6.02. The number of benzene rings is 1. The standard InChI is InChI=1S/C15H22BrF3N2/c1-14(2,3)21-8-4-7-20-10-11-5-6-13(16)12(9-11)15(17,18)19/h5-6,9,20-21H,4,7-8,10H2,1-3H3. The van der Waals surface area contributed by atoms with Gasteiger partial charge in [0.1, 0.15) is 0 Å². The molecule has 0 atom stereocenters. The van der Waals surface area contributed by atoms with Crippen LogP contribution in [0.5, 0.6) is 0 Å². The monoisotopic (exact) mass is 366 g/mol. The van der Waals surface area contributed by atoms with Crippen molar-refractivity contribution in [2.45, 2.75) is 45.5 Å². The lowest BCUT2D eigenvalue weighted by Gasteiger charge is -2.20. The molecule has 21 heavy (non-hydrogen) atoms. The minimum Gasteiger partial charge on any atom is -0.313 e. The van der Waals surface area contributed by atoms with Gasteiger partial charge in [0.15, 0.2) is 0 Å². The summed E-state index contributed by atoms with van der Waals surface area (Å²) < 4.78 is 38.4. The normalized spacial score (nSPS) is 12.7. The Kier molecular flexibility index (Phi) is 6.69. The van der Waals surface area contributed by atoms with Crippen LogP contribution in [0.15, 0.2) is 22.7 Å². The van der Waals surface area contributed by atoms with Crippen LogP contribution >= 0.6 is 15.9 Å². The zero-order valence-electron chi connectivity index (χ0n) is 12.6. The minimum atomic E-state index is -4.33. The van der Waals surface area contributed by atoms with Crippen molar-refractivity contribution in [1.29, 1.82) is 0 Å². The van der Waals surface area contributed by atoms with Crippen molar-refractivity contribution in [3.63, 3.8) is 0 Å². The molecule has 0 aliphatic carbocycles. The van der Waals surface area contributed by atoms with Crippen LogP contribution in [0, 0.1) is 0 Å². The van der Waals surface area contributed by atoms with Gasteiger partial charge in [-0.05, 0) is 58.0 Å². The summed E-state index contributed by atoms with van der Waals surface area (Å²) in [4.78, 5) is 0. The predicted octanol–water partition coefficient (Wildman–Crippen LogP) is 4.34. The molecule has 0 radical (unpaired) electrons. The predicted molar refractivity (Wildman–Crippen MR) is 83.2 cm³/mol. The molecule has 0 unspecified atom stereocenters. The number of hydrogen-bond acceptors (Lipinski definition) is 2. The van der Waals surface area contributed by atoms with Crippen LogP contribution in [0.1, 0.15) is 38.3 Å². The molecule has 0 heterocycles. The van der Waals surface area contributed by atoms with Gasteiger partial charge in [-0.25, -0.2) is 0 Å². The van der Waals surface area contributed by atoms with E-state index in [-0.39, 0.29) is 10.0 Å². The number of hydrogen-bond donors (Lipinski definition) is 2. The summed E-state index contributed by atoms with van der Waals surface area (Å²) in [6.45, 7) is 8.37. The van der Waals surface area contributed by atoms with E-state index in [2.05, 4.69) is 47.3 Å². The lowest BCUT2D eigenvalue weighted by atomic mass is 10.1. The Morgan fingerprint density at radius 1 is 1.10 bits per heavy atom. The van der Waals surface area contributed by atoms with Crippen LogP contribution in [0.2, 0.25) is 0 Å². The van der Waals surface area contributed by atoms with Crippen molar-refractivity contribution < 1.29 is 13.2 Å². The molecule has 2 N–H and O–H groups in total. The van der Waals surface area contributed by atoms with Gasteiger partial charge in [-0.3, -0.25) is 0 Å². The van der Waals surface area contributed by atoms with Crippen molar-refractivity contribution in [2.75, 3.05) is 13.1 Å². The molecule has 0 amide bonds. The maximum atomic E-state index is 12.8. The number of rotatable bonds is 6. The highest BCUT2D eigenvalue weighted by molar-refractivity contribution is 9.10. The quantitative estimate of drug-likeness (QED) is 0.732. The maximum absolute atomic E-state index is 12.8. The van der Waals surface area contributed by atoms with Crippen LogP contribution in [0.4, 0.5) is 13.2 Å². The molecular weight excluding hydrogens is 345 g/mol. The van der Waals surface area contributed by atoms with Gasteiger partial charge in [-0.1, -0.05) is 22.0 Å². The first-order valence-electron chi connectivity index (χ1n) is 6.91. The number of halogens is 4. The van der Waals surface area contributed by atoms with Crippen molar-refractivity contribution in [2.24, 2.45) is 0 Å². The van der Waals surface area contributed by atoms with E-state index in [1.54, 1.807) is 6.07 Å². The van der Waals surface area contributed by atoms with Gasteiger partial charge in [0.05, 0.1) is 5.56 Å². The molecule has 0 aliphatic rings. The topological polar surface area (TPSA) is 24.1 Å². The average molecular weight is 367 g/mol. The molecule has 0 aliphatic heterocycles. The third kappa shape index (κ3) is 7.29. The summed E-state index contributed by atoms with van der Waals surface area (Å²) in [7, 11) is 0. The average Bonchev–Trinajstić information content (AvgIpc) is 2.32. The van der Waals surface area contributed by atoms with Crippen molar-refractivity contribution >= 4 is 15.9 Å². The fourth-order valence-electron chi connectivity index (χ4n) is 1.81. The molecule has 2 nitrogen and oxygen atoms in total. The minimum absolute atomic E-state index is 0.0770. The molecule has 1 aromatic carbocycles. The Labute approximate surface area is 132 Å². The summed E-state index contributed by atoms with van der Waals surface area (Å²) in [5, 5.41) is 6.53. The summed E-state index contributed by atoms with van der Waals surface area (Å²) in [6, 6.07) is 4.32. The molecule has 0 spiro atoms. The van der Waals surface area contributed by atoms with E-state index in [1.807, 2.05) is 0 Å². The van der Waals surface area contributed by atoms with Gasteiger partial charge in [0, 0.05) is 16.6 Å². The third-order valence-electron chi connectivity index (χ3n) is 2.85. The van der Waals surface area contributed by atoms with E-state index < -0.39 is 11.7 Å². The summed E-state index contributed by atoms with van der Waals surface area (Å²) in [5.74, 6) is 0. The first-order chi connectivity index (χ1) is 9.59. The molecule has 0 bridgehead atoms. The second kappa shape index (κ2) is 7.61. The third-order valence-corrected chi connectivity index (χ3v) is 3.54. The lowest BCUT2D eigenvalue weighted by Crippen LogP contribution is -2.37. The van der Waals surface area contributed by atoms with Gasteiger partial charge in [0.25, 0.3) is 0 Å². The van der Waals surface area contributed by atoms with Gasteiger partial charge in [-0.2, -0.15) is 13.2 Å². The smallest absolute Gasteiger partial charge is 0.313 e. The number of nitrogens with one attached hydrogen (secondary N) is 2. The van der Waals surface area contributed by atoms with E-state index in [0.717, 1.165) is 19.5 Å². The fourth-order valence-corrected chi connectivity index (χ4v) is 2.28. The molecule has 6 heteroatoms. The van der Waals surface area contributed by atoms with Crippen molar-refractivity contribution in [3.05, 3.63) is 33.8 Å². The van der Waals surface area contributed by atoms with Gasteiger partial charge in [0.2, 0.25) is 0 Å². The molecular formula is C15H22BrF3N2. The van der Waals surface area contributed by atoms with Crippen LogP contribution in [-0.2, 0) is 12.7 Å². The fraction of sp³-hybridized carbons (Fsp3) is 0.600. The van der Waals surface area contributed by atoms with Crippen molar-refractivity contribution in [1.82, 2.24) is 10.6 Å². The van der Waals surface area contributed by atoms with Gasteiger partial charge >= 0.3 is 6.18 Å². The molecule has 0 aromatic heterocycles. The zero-order chi connectivity index (χ0) is 16.1. The molecule has 1 rings (SSSR count). The Bertz CT molecular complexity index is 453. The highest BCUT2D eigenvalue weighted by atomic mass is 79.9. The van der Waals surface area contributed by atoms with E-state index >= 15 is 0 Å². The Morgan fingerprint density at radius 2 is 1.76 bits per heavy atom. The Hall–Kier alpha value is -0.590. The highest BCUT2D eigenvalue weighted by Gasteiger charge is 2.32. The molecule has 0 fully saturated rings. The maximum Gasteiger partial charge on any atom is 0.417 e. The van der Waals surface area contributed by atoms with E-state index in [9.17, 15) is 13.2 Å². The van der Waals surface area contributed by atoms with Gasteiger partial charge < -0.3 is 10.6 Å². The second-order valence-corrected chi connectivity index (χ2v) is 6.87. The first kappa shape index (κ1) is 18.5. The van der Waals surface area contributed by atoms with E-state index in [0.29, 0.717) is 12.1 Å². The summed E-state index contributed by atoms with van der Waals surface area (Å²) in [6.07, 6.45) is -3.40. The van der Waals surface area contributed by atoms with Crippen LogP contribution in [0.3, 0.4) is 0 Å². The van der Waals surface area contributed by atoms with Crippen LogP contribution in [-0.4, -0.2) is 18.6 Å². The molecule has 120 valence electrons. The first-order valence-corrected chi connectivity index (χ1v) is 7.70. The van der Waals surface area contributed by atoms with Gasteiger partial charge in [-0.15, -0.1) is 0 Å². The van der Waals surface area contributed by atoms with Crippen LogP contribution < -0.4 is 10.6 Å². The molecule has 0 saturated heterocycles. The number of alkyl halides is 3. The van der Waals surface area contributed by atoms with Crippen molar-refractivity contribution in [3.8, 4) is 0 Å². The Morgan fingerprint density at radius 3 is 2.33 bits per heavy atom. The van der Waals surface area contributed by atoms with E-state index in [1.165, 1.54) is 12.1 Å². The Balaban J connectivity index is 2.40.